The molecule has 0 heteroatoms. The van der Waals surface area contributed by atoms with Gasteiger partial charge in [0.05, 0.1) is 0 Å². The van der Waals surface area contributed by atoms with Crippen LogP contribution < -0.4 is 0 Å². The lowest BCUT2D eigenvalue weighted by Crippen LogP contribution is -1.92. The maximum absolute atomic E-state index is 2.36. The monoisotopic (exact) mass is 154 g/mol. The Kier molecular flexibility index (Phi) is 7.66. The van der Waals surface area contributed by atoms with E-state index in [-0.39, 0.29) is 0 Å². The smallest absolute Gasteiger partial charge is 0.0351 e. The van der Waals surface area contributed by atoms with E-state index < -0.39 is 0 Å². The van der Waals surface area contributed by atoms with Crippen molar-refractivity contribution >= 4 is 0 Å². The first-order valence-corrected chi connectivity index (χ1v) is 4.92. The van der Waals surface area contributed by atoms with Crippen LogP contribution in [0.1, 0.15) is 52.9 Å². The summed E-state index contributed by atoms with van der Waals surface area (Å²) < 4.78 is 0. The van der Waals surface area contributed by atoms with Crippen molar-refractivity contribution in [3.63, 3.8) is 0 Å². The van der Waals surface area contributed by atoms with Gasteiger partial charge in [-0.15, -0.1) is 0 Å². The summed E-state index contributed by atoms with van der Waals surface area (Å²) in [4.78, 5) is 0. The van der Waals surface area contributed by atoms with Gasteiger partial charge in [0.2, 0.25) is 0 Å². The van der Waals surface area contributed by atoms with Crippen LogP contribution in [0.5, 0.6) is 0 Å². The number of rotatable bonds is 6. The molecule has 0 rings (SSSR count). The Morgan fingerprint density at radius 1 is 1.27 bits per heavy atom. The van der Waals surface area contributed by atoms with E-state index in [2.05, 4.69) is 32.9 Å². The summed E-state index contributed by atoms with van der Waals surface area (Å²) in [5, 5.41) is 0. The summed E-state index contributed by atoms with van der Waals surface area (Å²) in [5.41, 5.74) is 0. The van der Waals surface area contributed by atoms with Gasteiger partial charge in [0, 0.05) is 0 Å². The minimum atomic E-state index is 0.935. The standard InChI is InChI=1S/C11H22/c1-4-6-7-8-10-11(3)9-5-2/h4,6,11H,5,7-10H2,1-3H3. The van der Waals surface area contributed by atoms with Crippen LogP contribution in [0.15, 0.2) is 12.2 Å². The molecule has 11 heavy (non-hydrogen) atoms. The zero-order valence-corrected chi connectivity index (χ0v) is 8.27. The summed E-state index contributed by atoms with van der Waals surface area (Å²) in [5.74, 6) is 0.935. The third-order valence-electron chi connectivity index (χ3n) is 2.08. The third kappa shape index (κ3) is 7.64. The van der Waals surface area contributed by atoms with Crippen molar-refractivity contribution in [3.8, 4) is 0 Å². The Labute approximate surface area is 71.7 Å². The van der Waals surface area contributed by atoms with Crippen LogP contribution in [0, 0.1) is 5.92 Å². The molecule has 0 aromatic rings. The molecule has 0 aliphatic carbocycles. The molecule has 0 spiro atoms. The number of allylic oxidation sites excluding steroid dienone is 2. The zero-order chi connectivity index (χ0) is 8.53. The van der Waals surface area contributed by atoms with Gasteiger partial charge in [0.15, 0.2) is 0 Å². The Morgan fingerprint density at radius 2 is 2.00 bits per heavy atom. The van der Waals surface area contributed by atoms with Crippen molar-refractivity contribution in [3.05, 3.63) is 12.2 Å². The average molecular weight is 154 g/mol. The number of hydrogen-bond donors (Lipinski definition) is 0. The minimum Gasteiger partial charge on any atom is -0.0917 e. The lowest BCUT2D eigenvalue weighted by Gasteiger charge is -2.07. The predicted molar refractivity (Wildman–Crippen MR) is 52.7 cm³/mol. The molecule has 0 bridgehead atoms. The molecule has 0 fully saturated rings. The summed E-state index contributed by atoms with van der Waals surface area (Å²) in [7, 11) is 0. The van der Waals surface area contributed by atoms with Crippen molar-refractivity contribution in [2.24, 2.45) is 5.92 Å². The molecule has 1 atom stereocenters. The maximum Gasteiger partial charge on any atom is -0.0351 e. The highest BCUT2D eigenvalue weighted by Gasteiger charge is 1.97. The molecule has 0 aliphatic heterocycles. The molecule has 0 aromatic heterocycles. The molecule has 66 valence electrons. The molecule has 0 saturated carbocycles. The van der Waals surface area contributed by atoms with Gasteiger partial charge in [-0.25, -0.2) is 0 Å². The van der Waals surface area contributed by atoms with Gasteiger partial charge in [-0.3, -0.25) is 0 Å². The molecular weight excluding hydrogens is 132 g/mol. The van der Waals surface area contributed by atoms with Gasteiger partial charge in [0.1, 0.15) is 0 Å². The average Bonchev–Trinajstić information content (AvgIpc) is 1.99. The molecule has 0 aromatic carbocycles. The summed E-state index contributed by atoms with van der Waals surface area (Å²) >= 11 is 0. The van der Waals surface area contributed by atoms with Gasteiger partial charge >= 0.3 is 0 Å². The van der Waals surface area contributed by atoms with E-state index in [1.165, 1.54) is 32.1 Å². The van der Waals surface area contributed by atoms with Crippen LogP contribution in [0.2, 0.25) is 0 Å². The van der Waals surface area contributed by atoms with Crippen molar-refractivity contribution < 1.29 is 0 Å². The van der Waals surface area contributed by atoms with E-state index in [1.807, 2.05) is 0 Å². The molecule has 0 heterocycles. The van der Waals surface area contributed by atoms with Crippen molar-refractivity contribution in [1.29, 1.82) is 0 Å². The molecule has 0 radical (unpaired) electrons. The SMILES string of the molecule is CC=CCCCC(C)CCC. The fourth-order valence-corrected chi connectivity index (χ4v) is 1.39. The Balaban J connectivity index is 3.10. The van der Waals surface area contributed by atoms with Crippen molar-refractivity contribution in [2.45, 2.75) is 52.9 Å². The van der Waals surface area contributed by atoms with E-state index in [4.69, 9.17) is 0 Å². The minimum absolute atomic E-state index is 0.935. The molecule has 0 amide bonds. The number of unbranched alkanes of at least 4 members (excludes halogenated alkanes) is 1. The highest BCUT2D eigenvalue weighted by atomic mass is 14.0. The van der Waals surface area contributed by atoms with Crippen LogP contribution in [0.4, 0.5) is 0 Å². The molecular formula is C11H22. The van der Waals surface area contributed by atoms with E-state index in [0.29, 0.717) is 0 Å². The summed E-state index contributed by atoms with van der Waals surface area (Å²) in [6.45, 7) is 6.72. The highest BCUT2D eigenvalue weighted by Crippen LogP contribution is 2.13. The predicted octanol–water partition coefficient (Wildman–Crippen LogP) is 4.17. The van der Waals surface area contributed by atoms with Crippen molar-refractivity contribution in [2.75, 3.05) is 0 Å². The Bertz CT molecular complexity index is 92.2. The van der Waals surface area contributed by atoms with Gasteiger partial charge in [-0.2, -0.15) is 0 Å². The quantitative estimate of drug-likeness (QED) is 0.398. The van der Waals surface area contributed by atoms with Gasteiger partial charge in [-0.05, 0) is 25.7 Å². The Hall–Kier alpha value is -0.260. The second kappa shape index (κ2) is 7.84. The molecule has 1 unspecified atom stereocenters. The first-order chi connectivity index (χ1) is 5.31. The van der Waals surface area contributed by atoms with Crippen LogP contribution in [0.25, 0.3) is 0 Å². The third-order valence-corrected chi connectivity index (χ3v) is 2.08. The van der Waals surface area contributed by atoms with Crippen LogP contribution in [0.3, 0.4) is 0 Å². The fourth-order valence-electron chi connectivity index (χ4n) is 1.39. The molecule has 0 saturated heterocycles. The summed E-state index contributed by atoms with van der Waals surface area (Å²) in [6, 6.07) is 0. The fraction of sp³-hybridized carbons (Fsp3) is 0.818. The zero-order valence-electron chi connectivity index (χ0n) is 8.27. The maximum atomic E-state index is 2.36. The van der Waals surface area contributed by atoms with E-state index in [9.17, 15) is 0 Å². The molecule has 0 nitrogen and oxygen atoms in total. The molecule has 0 N–H and O–H groups in total. The van der Waals surface area contributed by atoms with Crippen molar-refractivity contribution in [1.82, 2.24) is 0 Å². The van der Waals surface area contributed by atoms with Gasteiger partial charge in [0.25, 0.3) is 0 Å². The van der Waals surface area contributed by atoms with Gasteiger partial charge < -0.3 is 0 Å². The second-order valence-corrected chi connectivity index (χ2v) is 3.39. The van der Waals surface area contributed by atoms with E-state index >= 15 is 0 Å². The topological polar surface area (TPSA) is 0 Å². The largest absolute Gasteiger partial charge is 0.0917 e. The molecule has 0 aliphatic rings. The first kappa shape index (κ1) is 10.7. The van der Waals surface area contributed by atoms with E-state index in [0.717, 1.165) is 5.92 Å². The van der Waals surface area contributed by atoms with Gasteiger partial charge in [-0.1, -0.05) is 45.3 Å². The van der Waals surface area contributed by atoms with E-state index in [1.54, 1.807) is 0 Å². The second-order valence-electron chi connectivity index (χ2n) is 3.39. The van der Waals surface area contributed by atoms with Crippen LogP contribution in [-0.4, -0.2) is 0 Å². The normalized spacial score (nSPS) is 14.1. The lowest BCUT2D eigenvalue weighted by molar-refractivity contribution is 0.471. The summed E-state index contributed by atoms with van der Waals surface area (Å²) in [6.07, 6.45) is 11.2. The first-order valence-electron chi connectivity index (χ1n) is 4.92. The van der Waals surface area contributed by atoms with Crippen LogP contribution >= 0.6 is 0 Å². The number of hydrogen-bond acceptors (Lipinski definition) is 0. The Morgan fingerprint density at radius 3 is 2.55 bits per heavy atom. The highest BCUT2D eigenvalue weighted by molar-refractivity contribution is 4.76. The van der Waals surface area contributed by atoms with Crippen LogP contribution in [-0.2, 0) is 0 Å². The lowest BCUT2D eigenvalue weighted by atomic mass is 9.99.